The van der Waals surface area contributed by atoms with E-state index in [0.29, 0.717) is 24.1 Å². The van der Waals surface area contributed by atoms with Gasteiger partial charge in [0.05, 0.1) is 17.4 Å². The molecule has 3 aromatic heterocycles. The Kier molecular flexibility index (Phi) is 6.72. The summed E-state index contributed by atoms with van der Waals surface area (Å²) in [5.41, 5.74) is 5.53. The van der Waals surface area contributed by atoms with E-state index in [0.717, 1.165) is 53.3 Å². The van der Waals surface area contributed by atoms with Gasteiger partial charge in [-0.15, -0.1) is 0 Å². The third kappa shape index (κ3) is 5.13. The molecule has 34 heavy (non-hydrogen) atoms. The van der Waals surface area contributed by atoms with Crippen LogP contribution in [0.15, 0.2) is 18.2 Å². The number of carbonyl (C=O) groups is 1. The Labute approximate surface area is 200 Å². The Morgan fingerprint density at radius 3 is 2.44 bits per heavy atom. The highest BCUT2D eigenvalue weighted by molar-refractivity contribution is 5.92. The van der Waals surface area contributed by atoms with Crippen LogP contribution in [-0.4, -0.2) is 47.1 Å². The number of rotatable bonds is 5. The molecule has 9 nitrogen and oxygen atoms in total. The molecule has 0 radical (unpaired) electrons. The smallest absolute Gasteiger partial charge is 0.247 e. The van der Waals surface area contributed by atoms with Crippen molar-refractivity contribution in [2.24, 2.45) is 7.05 Å². The molecule has 1 aliphatic rings. The quantitative estimate of drug-likeness (QED) is 0.573. The largest absolute Gasteiger partial charge is 0.331 e. The Morgan fingerprint density at radius 1 is 1.03 bits per heavy atom. The summed E-state index contributed by atoms with van der Waals surface area (Å²) in [7, 11) is 1.91. The van der Waals surface area contributed by atoms with Crippen molar-refractivity contribution >= 4 is 23.7 Å². The minimum Gasteiger partial charge on any atom is -0.331 e. The predicted octanol–water partition coefficient (Wildman–Crippen LogP) is 4.05. The van der Waals surface area contributed by atoms with E-state index < -0.39 is 0 Å². The van der Waals surface area contributed by atoms with Crippen molar-refractivity contribution in [3.63, 3.8) is 0 Å². The summed E-state index contributed by atoms with van der Waals surface area (Å²) in [6.45, 7) is 10.4. The van der Waals surface area contributed by atoms with Crippen LogP contribution in [0.25, 0.3) is 6.08 Å². The number of anilines is 2. The molecular formula is C25H32N8O. The SMILES string of the molecule is Cc1cc(C)nc(Nc2cc(C3CCCCN3C(=O)C=Cc3c(C)nn(C)c3C)nc(C)n2)n1. The monoisotopic (exact) mass is 460 g/mol. The standard InChI is InChI=1S/C25H32N8O/c1-15-13-16(2)27-25(26-15)30-23-14-21(28-19(5)29-23)22-9-7-8-12-33(22)24(34)11-10-20-17(3)31-32(6)18(20)4/h10-11,13-14,22H,7-9,12H2,1-6H3,(H,26,27,28,29,30). The maximum absolute atomic E-state index is 13.3. The van der Waals surface area contributed by atoms with Gasteiger partial charge in [0.2, 0.25) is 11.9 Å². The van der Waals surface area contributed by atoms with Crippen LogP contribution in [0.5, 0.6) is 0 Å². The van der Waals surface area contributed by atoms with Gasteiger partial charge in [0.1, 0.15) is 11.6 Å². The van der Waals surface area contributed by atoms with Crippen LogP contribution in [0.1, 0.15) is 65.2 Å². The second-order valence-corrected chi connectivity index (χ2v) is 8.91. The zero-order valence-corrected chi connectivity index (χ0v) is 20.8. The molecule has 0 spiro atoms. The lowest BCUT2D eigenvalue weighted by atomic mass is 9.98. The topological polar surface area (TPSA) is 102 Å². The molecule has 1 saturated heterocycles. The number of hydrogen-bond acceptors (Lipinski definition) is 7. The van der Waals surface area contributed by atoms with Gasteiger partial charge >= 0.3 is 0 Å². The van der Waals surface area contributed by atoms with E-state index in [1.165, 1.54) is 0 Å². The molecule has 3 aromatic rings. The highest BCUT2D eigenvalue weighted by atomic mass is 16.2. The summed E-state index contributed by atoms with van der Waals surface area (Å²) in [5, 5.41) is 7.65. The van der Waals surface area contributed by atoms with Crippen LogP contribution in [0, 0.1) is 34.6 Å². The molecule has 9 heteroatoms. The number of aryl methyl sites for hydroxylation is 5. The minimum atomic E-state index is -0.107. The Bertz CT molecular complexity index is 1230. The number of amides is 1. The molecular weight excluding hydrogens is 428 g/mol. The first-order chi connectivity index (χ1) is 16.2. The third-order valence-electron chi connectivity index (χ3n) is 6.16. The molecule has 1 unspecified atom stereocenters. The average Bonchev–Trinajstić information content (AvgIpc) is 3.01. The number of nitrogens with zero attached hydrogens (tertiary/aromatic N) is 7. The summed E-state index contributed by atoms with van der Waals surface area (Å²) >= 11 is 0. The van der Waals surface area contributed by atoms with Crippen molar-refractivity contribution in [1.29, 1.82) is 0 Å². The van der Waals surface area contributed by atoms with Gasteiger partial charge in [-0.2, -0.15) is 5.10 Å². The molecule has 1 N–H and O–H groups in total. The first-order valence-electron chi connectivity index (χ1n) is 11.6. The summed E-state index contributed by atoms with van der Waals surface area (Å²) in [6, 6.07) is 3.73. The fourth-order valence-electron chi connectivity index (χ4n) is 4.51. The van der Waals surface area contributed by atoms with E-state index in [2.05, 4.69) is 25.4 Å². The first kappa shape index (κ1) is 23.5. The van der Waals surface area contributed by atoms with E-state index >= 15 is 0 Å². The second-order valence-electron chi connectivity index (χ2n) is 8.91. The van der Waals surface area contributed by atoms with E-state index in [4.69, 9.17) is 4.98 Å². The van der Waals surface area contributed by atoms with Gasteiger partial charge in [0, 0.05) is 48.4 Å². The van der Waals surface area contributed by atoms with Crippen LogP contribution < -0.4 is 5.32 Å². The van der Waals surface area contributed by atoms with Crippen molar-refractivity contribution < 1.29 is 4.79 Å². The van der Waals surface area contributed by atoms with Crippen LogP contribution in [0.4, 0.5) is 11.8 Å². The fraction of sp³-hybridized carbons (Fsp3) is 0.440. The molecule has 1 amide bonds. The van der Waals surface area contributed by atoms with Crippen LogP contribution in [0.2, 0.25) is 0 Å². The fourth-order valence-corrected chi connectivity index (χ4v) is 4.51. The average molecular weight is 461 g/mol. The highest BCUT2D eigenvalue weighted by Crippen LogP contribution is 2.31. The van der Waals surface area contributed by atoms with E-state index in [1.807, 2.05) is 69.5 Å². The van der Waals surface area contributed by atoms with Crippen LogP contribution >= 0.6 is 0 Å². The van der Waals surface area contributed by atoms with Gasteiger partial charge in [-0.05, 0) is 66.0 Å². The number of likely N-dealkylation sites (tertiary alicyclic amines) is 1. The van der Waals surface area contributed by atoms with Gasteiger partial charge in [0.15, 0.2) is 0 Å². The number of hydrogen-bond donors (Lipinski definition) is 1. The van der Waals surface area contributed by atoms with E-state index in [9.17, 15) is 4.79 Å². The van der Waals surface area contributed by atoms with Crippen molar-refractivity contribution in [2.45, 2.75) is 59.9 Å². The normalized spacial score (nSPS) is 16.3. The minimum absolute atomic E-state index is 0.0178. The van der Waals surface area contributed by atoms with Crippen molar-refractivity contribution in [1.82, 2.24) is 34.6 Å². The number of piperidine rings is 1. The molecule has 0 aromatic carbocycles. The Hall–Kier alpha value is -3.62. The van der Waals surface area contributed by atoms with Crippen molar-refractivity contribution in [3.05, 3.63) is 58.1 Å². The summed E-state index contributed by atoms with van der Waals surface area (Å²) < 4.78 is 1.83. The summed E-state index contributed by atoms with van der Waals surface area (Å²) in [5.74, 6) is 1.75. The molecule has 4 heterocycles. The third-order valence-corrected chi connectivity index (χ3v) is 6.16. The molecule has 1 aliphatic heterocycles. The molecule has 1 fully saturated rings. The zero-order valence-electron chi connectivity index (χ0n) is 20.8. The van der Waals surface area contributed by atoms with Gasteiger partial charge in [-0.1, -0.05) is 0 Å². The molecule has 4 rings (SSSR count). The van der Waals surface area contributed by atoms with Gasteiger partial charge in [-0.25, -0.2) is 19.9 Å². The highest BCUT2D eigenvalue weighted by Gasteiger charge is 2.28. The lowest BCUT2D eigenvalue weighted by Crippen LogP contribution is -2.38. The Balaban J connectivity index is 1.59. The van der Waals surface area contributed by atoms with Crippen LogP contribution in [0.3, 0.4) is 0 Å². The summed E-state index contributed by atoms with van der Waals surface area (Å²) in [6.07, 6.45) is 6.42. The predicted molar refractivity (Wildman–Crippen MR) is 132 cm³/mol. The number of carbonyl (C=O) groups excluding carboxylic acids is 1. The Morgan fingerprint density at radius 2 is 1.76 bits per heavy atom. The van der Waals surface area contributed by atoms with E-state index in [-0.39, 0.29) is 11.9 Å². The lowest BCUT2D eigenvalue weighted by Gasteiger charge is -2.35. The first-order valence-corrected chi connectivity index (χ1v) is 11.6. The maximum atomic E-state index is 13.3. The maximum Gasteiger partial charge on any atom is 0.247 e. The number of nitrogens with one attached hydrogen (secondary N) is 1. The van der Waals surface area contributed by atoms with Gasteiger partial charge < -0.3 is 10.2 Å². The van der Waals surface area contributed by atoms with E-state index in [1.54, 1.807) is 6.08 Å². The van der Waals surface area contributed by atoms with Gasteiger partial charge in [-0.3, -0.25) is 9.48 Å². The number of aromatic nitrogens is 6. The van der Waals surface area contributed by atoms with Crippen LogP contribution in [-0.2, 0) is 11.8 Å². The second kappa shape index (κ2) is 9.70. The zero-order chi connectivity index (χ0) is 24.4. The molecule has 1 atom stereocenters. The molecule has 0 bridgehead atoms. The van der Waals surface area contributed by atoms with Crippen molar-refractivity contribution in [3.8, 4) is 0 Å². The lowest BCUT2D eigenvalue weighted by molar-refractivity contribution is -0.129. The van der Waals surface area contributed by atoms with Crippen molar-refractivity contribution in [2.75, 3.05) is 11.9 Å². The summed E-state index contributed by atoms with van der Waals surface area (Å²) in [4.78, 5) is 33.3. The molecule has 0 saturated carbocycles. The molecule has 178 valence electrons. The molecule has 0 aliphatic carbocycles. The van der Waals surface area contributed by atoms with Gasteiger partial charge in [0.25, 0.3) is 0 Å².